The molecule has 0 radical (unpaired) electrons. The fourth-order valence-electron chi connectivity index (χ4n) is 1.54. The van der Waals surface area contributed by atoms with Gasteiger partial charge in [0.15, 0.2) is 5.76 Å². The Hall–Kier alpha value is -2.10. The van der Waals surface area contributed by atoms with Crippen molar-refractivity contribution < 1.29 is 13.6 Å². The van der Waals surface area contributed by atoms with Gasteiger partial charge in [-0.1, -0.05) is 6.92 Å². The molecule has 0 aliphatic carbocycles. The first-order chi connectivity index (χ1) is 8.11. The quantitative estimate of drug-likeness (QED) is 0.655. The highest BCUT2D eigenvalue weighted by atomic mass is 19.1. The van der Waals surface area contributed by atoms with Crippen molar-refractivity contribution >= 4 is 11.5 Å². The van der Waals surface area contributed by atoms with Gasteiger partial charge >= 0.3 is 0 Å². The van der Waals surface area contributed by atoms with Crippen LogP contribution in [0.4, 0.5) is 10.1 Å². The van der Waals surface area contributed by atoms with Crippen molar-refractivity contribution in [3.05, 3.63) is 53.2 Å². The van der Waals surface area contributed by atoms with Crippen LogP contribution < -0.4 is 5.73 Å². The molecule has 3 nitrogen and oxygen atoms in total. The molecule has 1 heterocycles. The van der Waals surface area contributed by atoms with Gasteiger partial charge in [0.2, 0.25) is 5.78 Å². The minimum atomic E-state index is -0.635. The van der Waals surface area contributed by atoms with E-state index < -0.39 is 11.6 Å². The molecule has 0 spiro atoms. The monoisotopic (exact) mass is 233 g/mol. The van der Waals surface area contributed by atoms with Crippen LogP contribution in [0.5, 0.6) is 0 Å². The molecule has 1 aromatic carbocycles. The number of ketones is 1. The van der Waals surface area contributed by atoms with Gasteiger partial charge in [-0.05, 0) is 30.3 Å². The number of furan rings is 1. The summed E-state index contributed by atoms with van der Waals surface area (Å²) in [6.45, 7) is 1.91. The van der Waals surface area contributed by atoms with Crippen LogP contribution in [0.1, 0.15) is 28.8 Å². The summed E-state index contributed by atoms with van der Waals surface area (Å²) in [6, 6.07) is 7.23. The van der Waals surface area contributed by atoms with E-state index in [-0.39, 0.29) is 17.0 Å². The van der Waals surface area contributed by atoms with Crippen LogP contribution >= 0.6 is 0 Å². The number of carbonyl (C=O) groups excluding carboxylic acids is 1. The van der Waals surface area contributed by atoms with E-state index in [2.05, 4.69) is 0 Å². The number of nitrogen functional groups attached to an aromatic ring is 1. The van der Waals surface area contributed by atoms with Crippen LogP contribution in [-0.4, -0.2) is 5.78 Å². The molecule has 0 aliphatic rings. The van der Waals surface area contributed by atoms with Crippen LogP contribution in [0.2, 0.25) is 0 Å². The van der Waals surface area contributed by atoms with Crippen LogP contribution in [0.3, 0.4) is 0 Å². The number of rotatable bonds is 3. The van der Waals surface area contributed by atoms with E-state index in [0.29, 0.717) is 12.2 Å². The molecule has 0 saturated carbocycles. The summed E-state index contributed by atoms with van der Waals surface area (Å²) in [7, 11) is 0. The first-order valence-electron chi connectivity index (χ1n) is 5.30. The Kier molecular flexibility index (Phi) is 2.95. The molecule has 2 N–H and O–H groups in total. The highest BCUT2D eigenvalue weighted by molar-refractivity contribution is 6.07. The third-order valence-corrected chi connectivity index (χ3v) is 2.47. The SMILES string of the molecule is CCc1ccc(C(=O)c2ccc(N)cc2F)o1. The summed E-state index contributed by atoms with van der Waals surface area (Å²) < 4.78 is 18.8. The van der Waals surface area contributed by atoms with Gasteiger partial charge in [-0.25, -0.2) is 4.39 Å². The number of aryl methyl sites for hydroxylation is 1. The van der Waals surface area contributed by atoms with Crippen molar-refractivity contribution in [2.24, 2.45) is 0 Å². The number of hydrogen-bond donors (Lipinski definition) is 1. The van der Waals surface area contributed by atoms with Crippen molar-refractivity contribution in [2.75, 3.05) is 5.73 Å². The van der Waals surface area contributed by atoms with Crippen molar-refractivity contribution in [2.45, 2.75) is 13.3 Å². The van der Waals surface area contributed by atoms with E-state index in [1.54, 1.807) is 12.1 Å². The lowest BCUT2D eigenvalue weighted by molar-refractivity contribution is 0.100. The second kappa shape index (κ2) is 4.41. The van der Waals surface area contributed by atoms with E-state index >= 15 is 0 Å². The lowest BCUT2D eigenvalue weighted by Crippen LogP contribution is -2.03. The Labute approximate surface area is 98.0 Å². The lowest BCUT2D eigenvalue weighted by atomic mass is 10.1. The Morgan fingerprint density at radius 2 is 2.12 bits per heavy atom. The Morgan fingerprint density at radius 1 is 1.35 bits per heavy atom. The van der Waals surface area contributed by atoms with Crippen LogP contribution in [0, 0.1) is 5.82 Å². The summed E-state index contributed by atoms with van der Waals surface area (Å²) in [4.78, 5) is 11.9. The predicted molar refractivity (Wildman–Crippen MR) is 62.3 cm³/mol. The Morgan fingerprint density at radius 3 is 2.71 bits per heavy atom. The molecule has 0 atom stereocenters. The average molecular weight is 233 g/mol. The molecule has 0 bridgehead atoms. The maximum absolute atomic E-state index is 13.5. The highest BCUT2D eigenvalue weighted by Gasteiger charge is 2.17. The van der Waals surface area contributed by atoms with E-state index in [0.717, 1.165) is 6.07 Å². The van der Waals surface area contributed by atoms with Crippen LogP contribution in [0.15, 0.2) is 34.7 Å². The molecule has 88 valence electrons. The number of nitrogens with two attached hydrogens (primary N) is 1. The predicted octanol–water partition coefficient (Wildman–Crippen LogP) is 2.79. The summed E-state index contributed by atoms with van der Waals surface area (Å²) >= 11 is 0. The van der Waals surface area contributed by atoms with E-state index in [4.69, 9.17) is 10.2 Å². The third kappa shape index (κ3) is 2.20. The molecular formula is C13H12FNO2. The van der Waals surface area contributed by atoms with Crippen molar-refractivity contribution in [1.29, 1.82) is 0 Å². The van der Waals surface area contributed by atoms with Crippen molar-refractivity contribution in [3.8, 4) is 0 Å². The summed E-state index contributed by atoms with van der Waals surface area (Å²) in [5.74, 6) is -0.263. The summed E-state index contributed by atoms with van der Waals surface area (Å²) in [5.41, 5.74) is 5.67. The van der Waals surface area contributed by atoms with Crippen molar-refractivity contribution in [1.82, 2.24) is 0 Å². The zero-order chi connectivity index (χ0) is 12.4. The molecule has 1 aromatic heterocycles. The van der Waals surface area contributed by atoms with E-state index in [1.165, 1.54) is 12.1 Å². The number of carbonyl (C=O) groups is 1. The summed E-state index contributed by atoms with van der Waals surface area (Å²) in [6.07, 6.45) is 0.692. The van der Waals surface area contributed by atoms with Gasteiger partial charge in [-0.3, -0.25) is 4.79 Å². The molecule has 2 aromatic rings. The van der Waals surface area contributed by atoms with Gasteiger partial charge in [0.25, 0.3) is 0 Å². The molecule has 0 amide bonds. The molecule has 17 heavy (non-hydrogen) atoms. The second-order valence-electron chi connectivity index (χ2n) is 3.69. The second-order valence-corrected chi connectivity index (χ2v) is 3.69. The largest absolute Gasteiger partial charge is 0.458 e. The van der Waals surface area contributed by atoms with Gasteiger partial charge in [-0.2, -0.15) is 0 Å². The minimum absolute atomic E-state index is 0.0313. The smallest absolute Gasteiger partial charge is 0.231 e. The van der Waals surface area contributed by atoms with Crippen LogP contribution in [0.25, 0.3) is 0 Å². The third-order valence-electron chi connectivity index (χ3n) is 2.47. The van der Waals surface area contributed by atoms with Gasteiger partial charge in [0.05, 0.1) is 5.56 Å². The highest BCUT2D eigenvalue weighted by Crippen LogP contribution is 2.18. The summed E-state index contributed by atoms with van der Waals surface area (Å²) in [5, 5.41) is 0. The lowest BCUT2D eigenvalue weighted by Gasteiger charge is -2.01. The van der Waals surface area contributed by atoms with Gasteiger partial charge < -0.3 is 10.2 Å². The Bertz CT molecular complexity index is 560. The maximum atomic E-state index is 13.5. The average Bonchev–Trinajstić information content (AvgIpc) is 2.76. The standard InChI is InChI=1S/C13H12FNO2/c1-2-9-4-6-12(17-9)13(16)10-5-3-8(15)7-11(10)14/h3-7H,2,15H2,1H3. The fourth-order valence-corrected chi connectivity index (χ4v) is 1.54. The molecule has 0 aliphatic heterocycles. The molecular weight excluding hydrogens is 221 g/mol. The van der Waals surface area contributed by atoms with Crippen molar-refractivity contribution in [3.63, 3.8) is 0 Å². The molecule has 0 unspecified atom stereocenters. The number of halogens is 1. The molecule has 2 rings (SSSR count). The van der Waals surface area contributed by atoms with Gasteiger partial charge in [0.1, 0.15) is 11.6 Å². The first-order valence-corrected chi connectivity index (χ1v) is 5.30. The molecule has 0 saturated heterocycles. The minimum Gasteiger partial charge on any atom is -0.458 e. The van der Waals surface area contributed by atoms with Gasteiger partial charge in [0, 0.05) is 12.1 Å². The number of benzene rings is 1. The molecule has 0 fully saturated rings. The maximum Gasteiger partial charge on any atom is 0.231 e. The van der Waals surface area contributed by atoms with Gasteiger partial charge in [-0.15, -0.1) is 0 Å². The topological polar surface area (TPSA) is 56.2 Å². The Balaban J connectivity index is 2.36. The number of anilines is 1. The van der Waals surface area contributed by atoms with Crippen LogP contribution in [-0.2, 0) is 6.42 Å². The zero-order valence-corrected chi connectivity index (χ0v) is 9.37. The number of hydrogen-bond acceptors (Lipinski definition) is 3. The zero-order valence-electron chi connectivity index (χ0n) is 9.37. The van der Waals surface area contributed by atoms with E-state index in [1.807, 2.05) is 6.92 Å². The fraction of sp³-hybridized carbons (Fsp3) is 0.154. The molecule has 4 heteroatoms. The first kappa shape index (κ1) is 11.4. The van der Waals surface area contributed by atoms with E-state index in [9.17, 15) is 9.18 Å². The normalized spacial score (nSPS) is 10.5.